The monoisotopic (exact) mass is 425 g/mol. The van der Waals surface area contributed by atoms with Crippen molar-refractivity contribution in [2.75, 3.05) is 23.1 Å². The number of ether oxygens (including phenoxy) is 1. The van der Waals surface area contributed by atoms with Crippen LogP contribution in [0.4, 0.5) is 17.1 Å². The van der Waals surface area contributed by atoms with Crippen molar-refractivity contribution in [3.8, 4) is 5.75 Å². The van der Waals surface area contributed by atoms with Gasteiger partial charge in [-0.3, -0.25) is 4.79 Å². The molecular weight excluding hydrogens is 406 g/mol. The fourth-order valence-electron chi connectivity index (χ4n) is 2.63. The minimum Gasteiger partial charge on any atom is -0.496 e. The van der Waals surface area contributed by atoms with Crippen molar-refractivity contribution < 1.29 is 9.53 Å². The van der Waals surface area contributed by atoms with Crippen LogP contribution in [0.1, 0.15) is 15.9 Å². The van der Waals surface area contributed by atoms with Crippen LogP contribution < -0.4 is 20.7 Å². The van der Waals surface area contributed by atoms with Crippen molar-refractivity contribution in [2.24, 2.45) is 0 Å². The minimum absolute atomic E-state index is 0.239. The number of hydrogen-bond acceptors (Lipinski definition) is 3. The molecule has 5 nitrogen and oxygen atoms in total. The van der Waals surface area contributed by atoms with Gasteiger partial charge < -0.3 is 20.7 Å². The first-order chi connectivity index (χ1) is 14.0. The number of anilines is 3. The van der Waals surface area contributed by atoms with E-state index in [9.17, 15) is 4.79 Å². The Labute approximate surface area is 180 Å². The summed E-state index contributed by atoms with van der Waals surface area (Å²) in [6.45, 7) is 1.94. The number of hydrogen-bond donors (Lipinski definition) is 3. The van der Waals surface area contributed by atoms with Crippen molar-refractivity contribution in [1.82, 2.24) is 0 Å². The lowest BCUT2D eigenvalue weighted by Gasteiger charge is -2.12. The molecule has 0 aliphatic carbocycles. The SMILES string of the molecule is COc1ccccc1C(=O)Nc1ccc(NC(=S)Nc2ccc(C)c(Cl)c2)cc1. The van der Waals surface area contributed by atoms with Crippen molar-refractivity contribution in [3.63, 3.8) is 0 Å². The summed E-state index contributed by atoms with van der Waals surface area (Å²) in [4.78, 5) is 12.5. The predicted molar refractivity (Wildman–Crippen MR) is 123 cm³/mol. The van der Waals surface area contributed by atoms with Gasteiger partial charge in [-0.05, 0) is 73.2 Å². The molecule has 3 rings (SSSR count). The third-order valence-electron chi connectivity index (χ3n) is 4.18. The molecule has 3 aromatic carbocycles. The average molecular weight is 426 g/mol. The highest BCUT2D eigenvalue weighted by Gasteiger charge is 2.11. The van der Waals surface area contributed by atoms with Crippen LogP contribution >= 0.6 is 23.8 Å². The van der Waals surface area contributed by atoms with E-state index in [1.54, 1.807) is 30.3 Å². The van der Waals surface area contributed by atoms with E-state index in [0.717, 1.165) is 16.9 Å². The van der Waals surface area contributed by atoms with Crippen LogP contribution in [-0.4, -0.2) is 18.1 Å². The molecule has 3 aromatic rings. The Morgan fingerprint density at radius 2 is 1.48 bits per heavy atom. The Kier molecular flexibility index (Phi) is 6.69. The molecule has 0 spiro atoms. The molecule has 7 heteroatoms. The number of methoxy groups -OCH3 is 1. The number of nitrogens with one attached hydrogen (secondary N) is 3. The summed E-state index contributed by atoms with van der Waals surface area (Å²) in [7, 11) is 1.54. The summed E-state index contributed by atoms with van der Waals surface area (Å²) < 4.78 is 5.23. The quantitative estimate of drug-likeness (QED) is 0.456. The number of para-hydroxylation sites is 1. The highest BCUT2D eigenvalue weighted by molar-refractivity contribution is 7.80. The zero-order chi connectivity index (χ0) is 20.8. The first-order valence-corrected chi connectivity index (χ1v) is 9.63. The number of benzene rings is 3. The van der Waals surface area contributed by atoms with Crippen molar-refractivity contribution in [2.45, 2.75) is 6.92 Å². The molecule has 0 unspecified atom stereocenters. The summed E-state index contributed by atoms with van der Waals surface area (Å²) in [5.41, 5.74) is 3.73. The van der Waals surface area contributed by atoms with E-state index < -0.39 is 0 Å². The van der Waals surface area contributed by atoms with Gasteiger partial charge in [0.2, 0.25) is 0 Å². The Hall–Kier alpha value is -3.09. The summed E-state index contributed by atoms with van der Waals surface area (Å²) in [6.07, 6.45) is 0. The second-order valence-electron chi connectivity index (χ2n) is 6.27. The summed E-state index contributed by atoms with van der Waals surface area (Å²) in [5.74, 6) is 0.285. The molecule has 148 valence electrons. The third-order valence-corrected chi connectivity index (χ3v) is 4.79. The van der Waals surface area contributed by atoms with Gasteiger partial charge in [0.25, 0.3) is 5.91 Å². The number of carbonyl (C=O) groups is 1. The van der Waals surface area contributed by atoms with E-state index in [0.29, 0.717) is 27.1 Å². The zero-order valence-electron chi connectivity index (χ0n) is 16.0. The molecule has 0 aliphatic heterocycles. The lowest BCUT2D eigenvalue weighted by Crippen LogP contribution is -2.19. The van der Waals surface area contributed by atoms with Crippen molar-refractivity contribution in [1.29, 1.82) is 0 Å². The van der Waals surface area contributed by atoms with Gasteiger partial charge in [0.15, 0.2) is 5.11 Å². The molecule has 0 saturated carbocycles. The molecule has 0 heterocycles. The van der Waals surface area contributed by atoms with Crippen LogP contribution in [0.5, 0.6) is 5.75 Å². The van der Waals surface area contributed by atoms with Gasteiger partial charge in [-0.2, -0.15) is 0 Å². The number of aryl methyl sites for hydroxylation is 1. The molecule has 29 heavy (non-hydrogen) atoms. The summed E-state index contributed by atoms with van der Waals surface area (Å²) in [6, 6.07) is 20.0. The average Bonchev–Trinajstić information content (AvgIpc) is 2.72. The number of thiocarbonyl (C=S) groups is 1. The Balaban J connectivity index is 1.60. The van der Waals surface area contributed by atoms with E-state index in [4.69, 9.17) is 28.6 Å². The number of rotatable bonds is 5. The van der Waals surface area contributed by atoms with Gasteiger partial charge in [0.05, 0.1) is 12.7 Å². The standard InChI is InChI=1S/C22H20ClN3O2S/c1-14-7-8-17(13-19(14)23)26-22(29)25-16-11-9-15(10-12-16)24-21(27)18-5-3-4-6-20(18)28-2/h3-13H,1-2H3,(H,24,27)(H2,25,26,29). The molecule has 0 atom stereocenters. The van der Waals surface area contributed by atoms with Gasteiger partial charge in [-0.1, -0.05) is 29.8 Å². The smallest absolute Gasteiger partial charge is 0.259 e. The molecule has 3 N–H and O–H groups in total. The van der Waals surface area contributed by atoms with Crippen molar-refractivity contribution >= 4 is 51.9 Å². The lowest BCUT2D eigenvalue weighted by atomic mass is 10.2. The fraction of sp³-hybridized carbons (Fsp3) is 0.0909. The van der Waals surface area contributed by atoms with Gasteiger partial charge >= 0.3 is 0 Å². The van der Waals surface area contributed by atoms with E-state index in [1.807, 2.05) is 43.3 Å². The highest BCUT2D eigenvalue weighted by atomic mass is 35.5. The molecule has 0 aliphatic rings. The second-order valence-corrected chi connectivity index (χ2v) is 7.09. The Morgan fingerprint density at radius 1 is 0.897 bits per heavy atom. The van der Waals surface area contributed by atoms with Crippen LogP contribution in [0.2, 0.25) is 5.02 Å². The van der Waals surface area contributed by atoms with Crippen molar-refractivity contribution in [3.05, 3.63) is 82.9 Å². The Morgan fingerprint density at radius 3 is 2.14 bits per heavy atom. The topological polar surface area (TPSA) is 62.4 Å². The van der Waals surface area contributed by atoms with E-state index in [2.05, 4.69) is 16.0 Å². The van der Waals surface area contributed by atoms with Crippen LogP contribution in [0, 0.1) is 6.92 Å². The van der Waals surface area contributed by atoms with Crippen LogP contribution in [0.3, 0.4) is 0 Å². The van der Waals surface area contributed by atoms with E-state index >= 15 is 0 Å². The molecule has 0 aromatic heterocycles. The fourth-order valence-corrected chi connectivity index (χ4v) is 3.05. The molecule has 0 bridgehead atoms. The Bertz CT molecular complexity index is 1040. The maximum absolute atomic E-state index is 12.5. The lowest BCUT2D eigenvalue weighted by molar-refractivity contribution is 0.102. The van der Waals surface area contributed by atoms with E-state index in [1.165, 1.54) is 7.11 Å². The maximum Gasteiger partial charge on any atom is 0.259 e. The van der Waals surface area contributed by atoms with Gasteiger partial charge in [0, 0.05) is 22.1 Å². The van der Waals surface area contributed by atoms with E-state index in [-0.39, 0.29) is 5.91 Å². The van der Waals surface area contributed by atoms with Crippen LogP contribution in [0.15, 0.2) is 66.7 Å². The maximum atomic E-state index is 12.5. The van der Waals surface area contributed by atoms with Gasteiger partial charge in [-0.25, -0.2) is 0 Å². The van der Waals surface area contributed by atoms with Gasteiger partial charge in [-0.15, -0.1) is 0 Å². The first-order valence-electron chi connectivity index (χ1n) is 8.85. The third kappa shape index (κ3) is 5.47. The zero-order valence-corrected chi connectivity index (χ0v) is 17.5. The molecule has 1 amide bonds. The highest BCUT2D eigenvalue weighted by Crippen LogP contribution is 2.22. The van der Waals surface area contributed by atoms with Crippen LogP contribution in [-0.2, 0) is 0 Å². The molecule has 0 radical (unpaired) electrons. The van der Waals surface area contributed by atoms with Crippen LogP contribution in [0.25, 0.3) is 0 Å². The summed E-state index contributed by atoms with van der Waals surface area (Å²) in [5, 5.41) is 10.2. The number of halogens is 1. The second kappa shape index (κ2) is 9.41. The summed E-state index contributed by atoms with van der Waals surface area (Å²) >= 11 is 11.5. The number of carbonyl (C=O) groups excluding carboxylic acids is 1. The largest absolute Gasteiger partial charge is 0.496 e. The number of amides is 1. The minimum atomic E-state index is -0.239. The normalized spacial score (nSPS) is 10.2. The molecular formula is C22H20ClN3O2S. The molecule has 0 saturated heterocycles. The molecule has 0 fully saturated rings. The predicted octanol–water partition coefficient (Wildman–Crippen LogP) is 5.72. The van der Waals surface area contributed by atoms with Gasteiger partial charge in [0.1, 0.15) is 5.75 Å². The first kappa shape index (κ1) is 20.6.